The first kappa shape index (κ1) is 27.2. The van der Waals surface area contributed by atoms with Crippen LogP contribution in [-0.2, 0) is 25.1 Å². The monoisotopic (exact) mass is 551 g/mol. The van der Waals surface area contributed by atoms with Gasteiger partial charge in [0.1, 0.15) is 35.1 Å². The van der Waals surface area contributed by atoms with Crippen molar-refractivity contribution < 1.29 is 27.4 Å². The Hall–Kier alpha value is -2.80. The van der Waals surface area contributed by atoms with Gasteiger partial charge in [0, 0.05) is 26.1 Å². The van der Waals surface area contributed by atoms with E-state index in [-0.39, 0.29) is 17.8 Å². The second-order valence-electron chi connectivity index (χ2n) is 8.60. The van der Waals surface area contributed by atoms with Crippen LogP contribution in [0.4, 0.5) is 0 Å². The predicted octanol–water partition coefficient (Wildman–Crippen LogP) is 3.66. The van der Waals surface area contributed by atoms with Gasteiger partial charge >= 0.3 is 0 Å². The number of halogens is 1. The Morgan fingerprint density at radius 2 is 1.78 bits per heavy atom. The number of rotatable bonds is 10. The van der Waals surface area contributed by atoms with Crippen molar-refractivity contribution in [2.75, 3.05) is 27.9 Å². The number of ether oxygens (including phenoxy) is 4. The van der Waals surface area contributed by atoms with Crippen molar-refractivity contribution >= 4 is 21.4 Å². The van der Waals surface area contributed by atoms with E-state index < -0.39 is 26.9 Å². The first-order valence-electron chi connectivity index (χ1n) is 11.8. The van der Waals surface area contributed by atoms with Crippen molar-refractivity contribution in [2.45, 2.75) is 49.4 Å². The van der Waals surface area contributed by atoms with Crippen molar-refractivity contribution in [3.8, 4) is 17.2 Å². The molecule has 200 valence electrons. The van der Waals surface area contributed by atoms with Crippen LogP contribution in [0.5, 0.6) is 11.5 Å². The maximum Gasteiger partial charge on any atom is 0.167 e. The lowest BCUT2D eigenvalue weighted by atomic mass is 10.1. The van der Waals surface area contributed by atoms with Crippen LogP contribution in [0.2, 0.25) is 5.02 Å². The standard InChI is InChI=1S/C24H30ClN5O6S/c1-15(22(35-4)23-26-12-16(25)13-27-23)37(31,32)14-20-28-29-24(19-8-5-6-11-36-19)30(20)21-17(33-2)9-7-10-18(21)34-3/h7,9-10,12-13,15,19,22H,5-6,8,11,14H2,1-4H3/t15-,19-,22-/m0/s1. The summed E-state index contributed by atoms with van der Waals surface area (Å²) >= 11 is 5.90. The van der Waals surface area contributed by atoms with E-state index in [0.29, 0.717) is 34.6 Å². The Morgan fingerprint density at radius 1 is 1.11 bits per heavy atom. The molecule has 1 aromatic carbocycles. The zero-order valence-electron chi connectivity index (χ0n) is 21.1. The molecule has 0 amide bonds. The number of sulfone groups is 1. The highest BCUT2D eigenvalue weighted by atomic mass is 35.5. The van der Waals surface area contributed by atoms with E-state index in [9.17, 15) is 8.42 Å². The van der Waals surface area contributed by atoms with Gasteiger partial charge in [-0.05, 0) is 38.3 Å². The number of para-hydroxylation sites is 1. The second-order valence-corrected chi connectivity index (χ2v) is 11.4. The maximum atomic E-state index is 13.7. The summed E-state index contributed by atoms with van der Waals surface area (Å²) in [6.45, 7) is 2.14. The van der Waals surface area contributed by atoms with Gasteiger partial charge in [-0.15, -0.1) is 10.2 Å². The summed E-state index contributed by atoms with van der Waals surface area (Å²) in [7, 11) is 0.628. The molecule has 11 nitrogen and oxygen atoms in total. The highest BCUT2D eigenvalue weighted by Gasteiger charge is 2.36. The third kappa shape index (κ3) is 5.71. The number of hydrogen-bond donors (Lipinski definition) is 0. The summed E-state index contributed by atoms with van der Waals surface area (Å²) in [5.74, 6) is 1.43. The summed E-state index contributed by atoms with van der Waals surface area (Å²) < 4.78 is 51.8. The lowest BCUT2D eigenvalue weighted by molar-refractivity contribution is 0.00828. The third-order valence-electron chi connectivity index (χ3n) is 6.32. The van der Waals surface area contributed by atoms with Crippen LogP contribution in [0.25, 0.3) is 5.69 Å². The minimum Gasteiger partial charge on any atom is -0.494 e. The van der Waals surface area contributed by atoms with Gasteiger partial charge in [-0.2, -0.15) is 0 Å². The minimum atomic E-state index is -3.85. The fraction of sp³-hybridized carbons (Fsp3) is 0.500. The summed E-state index contributed by atoms with van der Waals surface area (Å²) in [4.78, 5) is 8.30. The number of nitrogens with zero attached hydrogens (tertiary/aromatic N) is 5. The van der Waals surface area contributed by atoms with Gasteiger partial charge in [-0.1, -0.05) is 17.7 Å². The van der Waals surface area contributed by atoms with Crippen molar-refractivity contribution in [3.63, 3.8) is 0 Å². The van der Waals surface area contributed by atoms with Gasteiger partial charge in [0.15, 0.2) is 27.3 Å². The lowest BCUT2D eigenvalue weighted by Crippen LogP contribution is -2.30. The van der Waals surface area contributed by atoms with E-state index in [1.54, 1.807) is 29.7 Å². The average Bonchev–Trinajstić information content (AvgIpc) is 3.32. The molecular formula is C24H30ClN5O6S. The number of aromatic nitrogens is 5. The summed E-state index contributed by atoms with van der Waals surface area (Å²) in [6, 6.07) is 5.32. The molecule has 1 saturated heterocycles. The second kappa shape index (κ2) is 11.7. The first-order chi connectivity index (χ1) is 17.8. The van der Waals surface area contributed by atoms with Crippen LogP contribution in [-0.4, -0.2) is 66.3 Å². The smallest absolute Gasteiger partial charge is 0.167 e. The molecule has 1 aliphatic heterocycles. The number of hydrogen-bond acceptors (Lipinski definition) is 10. The van der Waals surface area contributed by atoms with Crippen molar-refractivity contribution in [3.05, 3.63) is 53.1 Å². The summed E-state index contributed by atoms with van der Waals surface area (Å²) in [6.07, 6.45) is 4.18. The van der Waals surface area contributed by atoms with Crippen molar-refractivity contribution in [1.82, 2.24) is 24.7 Å². The summed E-state index contributed by atoms with van der Waals surface area (Å²) in [5.41, 5.74) is 0.504. The van der Waals surface area contributed by atoms with Gasteiger partial charge < -0.3 is 18.9 Å². The van der Waals surface area contributed by atoms with Crippen molar-refractivity contribution in [1.29, 1.82) is 0 Å². The fourth-order valence-corrected chi connectivity index (χ4v) is 5.86. The molecule has 0 N–H and O–H groups in total. The SMILES string of the molecule is COc1cccc(OC)c1-n1c(CS(=O)(=O)[C@@H](C)[C@H](OC)c2ncc(Cl)cn2)nnc1[C@@H]1CCCCO1. The molecule has 0 spiro atoms. The molecule has 3 atom stereocenters. The van der Waals surface area contributed by atoms with Crippen LogP contribution in [0.1, 0.15) is 55.9 Å². The Labute approximate surface area is 221 Å². The number of methoxy groups -OCH3 is 3. The van der Waals surface area contributed by atoms with E-state index in [4.69, 9.17) is 30.5 Å². The topological polar surface area (TPSA) is 128 Å². The largest absolute Gasteiger partial charge is 0.494 e. The Kier molecular flexibility index (Phi) is 8.63. The van der Waals surface area contributed by atoms with Crippen molar-refractivity contribution in [2.24, 2.45) is 0 Å². The molecule has 37 heavy (non-hydrogen) atoms. The van der Waals surface area contributed by atoms with Crippen LogP contribution >= 0.6 is 11.6 Å². The molecule has 0 unspecified atom stereocenters. The van der Waals surface area contributed by atoms with E-state index in [0.717, 1.165) is 19.3 Å². The molecule has 0 bridgehead atoms. The Balaban J connectivity index is 1.78. The van der Waals surface area contributed by atoms with E-state index >= 15 is 0 Å². The first-order valence-corrected chi connectivity index (χ1v) is 13.9. The molecule has 13 heteroatoms. The minimum absolute atomic E-state index is 0.200. The highest BCUT2D eigenvalue weighted by molar-refractivity contribution is 7.91. The highest BCUT2D eigenvalue weighted by Crippen LogP contribution is 2.38. The molecule has 0 radical (unpaired) electrons. The van der Waals surface area contributed by atoms with Gasteiger partial charge in [0.05, 0.1) is 24.5 Å². The van der Waals surface area contributed by atoms with Crippen LogP contribution in [0.15, 0.2) is 30.6 Å². The van der Waals surface area contributed by atoms with Crippen LogP contribution in [0, 0.1) is 0 Å². The van der Waals surface area contributed by atoms with Gasteiger partial charge in [0.2, 0.25) is 0 Å². The molecule has 3 heterocycles. The molecular weight excluding hydrogens is 522 g/mol. The zero-order chi connectivity index (χ0) is 26.6. The predicted molar refractivity (Wildman–Crippen MR) is 136 cm³/mol. The van der Waals surface area contributed by atoms with Gasteiger partial charge in [-0.25, -0.2) is 18.4 Å². The molecule has 0 saturated carbocycles. The Morgan fingerprint density at radius 3 is 2.35 bits per heavy atom. The quantitative estimate of drug-likeness (QED) is 0.368. The molecule has 3 aromatic rings. The average molecular weight is 552 g/mol. The van der Waals surface area contributed by atoms with Crippen LogP contribution in [0.3, 0.4) is 0 Å². The lowest BCUT2D eigenvalue weighted by Gasteiger charge is -2.25. The molecule has 1 aliphatic rings. The van der Waals surface area contributed by atoms with E-state index in [2.05, 4.69) is 20.2 Å². The van der Waals surface area contributed by atoms with E-state index in [1.807, 2.05) is 0 Å². The molecule has 4 rings (SSSR count). The zero-order valence-corrected chi connectivity index (χ0v) is 22.7. The van der Waals surface area contributed by atoms with Crippen LogP contribution < -0.4 is 9.47 Å². The van der Waals surface area contributed by atoms with E-state index in [1.165, 1.54) is 33.7 Å². The third-order valence-corrected chi connectivity index (χ3v) is 8.56. The normalized spacial score (nSPS) is 17.8. The summed E-state index contributed by atoms with van der Waals surface area (Å²) in [5, 5.41) is 8.03. The fourth-order valence-electron chi connectivity index (χ4n) is 4.35. The van der Waals surface area contributed by atoms with Gasteiger partial charge in [-0.3, -0.25) is 4.57 Å². The number of benzene rings is 1. The Bertz CT molecular complexity index is 1290. The molecule has 1 fully saturated rings. The van der Waals surface area contributed by atoms with Gasteiger partial charge in [0.25, 0.3) is 0 Å². The molecule has 2 aromatic heterocycles. The molecule has 0 aliphatic carbocycles. The maximum absolute atomic E-state index is 13.7.